The Kier molecular flexibility index (Phi) is 73.3. The van der Waals surface area contributed by atoms with Crippen LogP contribution in [0.5, 0.6) is 0 Å². The molecule has 0 rings (SSSR count). The molecule has 0 heterocycles. The smallest absolute Gasteiger partial charge is 0.306 e. The molecule has 0 saturated heterocycles. The summed E-state index contributed by atoms with van der Waals surface area (Å²) in [4.78, 5) is 64.8. The fraction of sp³-hybridized carbons (Fsp3) is 0.864. The summed E-state index contributed by atoms with van der Waals surface area (Å²) in [6.07, 6.45) is 74.6. The predicted octanol–water partition coefficient (Wildman–Crippen LogP) is 22.9. The van der Waals surface area contributed by atoms with E-state index < -0.39 is 84.9 Å². The van der Waals surface area contributed by atoms with Crippen molar-refractivity contribution in [1.29, 1.82) is 0 Å². The summed E-state index contributed by atoms with van der Waals surface area (Å²) in [5.41, 5.74) is 0. The van der Waals surface area contributed by atoms with Crippen molar-refractivity contribution in [3.05, 3.63) is 48.6 Å². The van der Waals surface area contributed by atoms with Crippen LogP contribution in [-0.4, -0.2) is 87.6 Å². The van der Waals surface area contributed by atoms with Crippen LogP contribution >= 0.6 is 15.6 Å². The zero-order valence-electron chi connectivity index (χ0n) is 63.9. The van der Waals surface area contributed by atoms with Crippen LogP contribution < -0.4 is 9.79 Å². The predicted molar refractivity (Wildman–Crippen MR) is 404 cm³/mol. The van der Waals surface area contributed by atoms with Crippen molar-refractivity contribution < 1.29 is 75.4 Å². The lowest BCUT2D eigenvalue weighted by atomic mass is 10.1. The molecule has 0 saturated carbocycles. The van der Waals surface area contributed by atoms with Gasteiger partial charge in [0, 0.05) is 25.9 Å². The first-order valence-corrected chi connectivity index (χ1v) is 43.8. The van der Waals surface area contributed by atoms with Gasteiger partial charge in [0.15, 0.2) is 6.10 Å². The highest BCUT2D eigenvalue weighted by Crippen LogP contribution is 2.41. The molecule has 582 valence electrons. The minimum absolute atomic E-state index is 0.0819. The van der Waals surface area contributed by atoms with Crippen molar-refractivity contribution in [2.24, 2.45) is 0 Å². The third kappa shape index (κ3) is 75.0. The lowest BCUT2D eigenvalue weighted by Gasteiger charge is -2.28. The molecule has 3 unspecified atom stereocenters. The molecule has 18 heteroatoms. The molecule has 1 N–H and O–H groups in total. The zero-order valence-corrected chi connectivity index (χ0v) is 65.7. The van der Waals surface area contributed by atoms with Gasteiger partial charge in [-0.05, 0) is 128 Å². The molecule has 0 bridgehead atoms. The standard InChI is InChI=1S/C81H152O16P2/c1-5-9-13-17-21-25-29-33-37-41-45-49-53-57-61-65-69-90-72-77(96-80(84)67-63-59-55-51-47-43-39-35-31-27-23-19-15-11-7-3)74-94-98(86,87)92-70-76(82)71-93-99(88,89)95-75-78(97-81(85)68-64-60-56-52-48-44-40-36-32-28-24-20-16-12-8-4)73-91-79(83)66-62-58-54-50-46-42-38-34-30-26-22-18-14-10-6-2/h33-40,76-78,82H,5-32,41-75H2,1-4H3,(H,86,87)(H,88,89)/p-2/b37-33-,38-34-,39-35-,40-36-/t76?,77-,78-/m1/s1. The van der Waals surface area contributed by atoms with E-state index in [1.54, 1.807) is 0 Å². The lowest BCUT2D eigenvalue weighted by Crippen LogP contribution is -2.31. The molecule has 0 aromatic carbocycles. The van der Waals surface area contributed by atoms with Crippen LogP contribution in [0.15, 0.2) is 48.6 Å². The number of allylic oxidation sites excluding steroid dienone is 8. The van der Waals surface area contributed by atoms with E-state index in [4.69, 9.17) is 37.0 Å². The van der Waals surface area contributed by atoms with Gasteiger partial charge in [0.2, 0.25) is 0 Å². The Bertz CT molecular complexity index is 2000. The molecule has 0 aromatic heterocycles. The number of carbonyl (C=O) groups is 3. The summed E-state index contributed by atoms with van der Waals surface area (Å²) in [5, 5.41) is 10.6. The number of rotatable bonds is 79. The number of unbranched alkanes of at least 4 members (excludes halogenated alkanes) is 45. The van der Waals surface area contributed by atoms with Crippen molar-refractivity contribution in [2.45, 2.75) is 406 Å². The van der Waals surface area contributed by atoms with Gasteiger partial charge in [-0.1, -0.05) is 288 Å². The first kappa shape index (κ1) is 96.5. The van der Waals surface area contributed by atoms with Gasteiger partial charge in [0.05, 0.1) is 33.0 Å². The van der Waals surface area contributed by atoms with Crippen molar-refractivity contribution in [3.63, 3.8) is 0 Å². The van der Waals surface area contributed by atoms with E-state index in [1.807, 2.05) is 0 Å². The van der Waals surface area contributed by atoms with Gasteiger partial charge in [-0.2, -0.15) is 0 Å². The maximum absolute atomic E-state index is 13.0. The molecule has 0 radical (unpaired) electrons. The van der Waals surface area contributed by atoms with Crippen molar-refractivity contribution >= 4 is 33.6 Å². The van der Waals surface area contributed by atoms with Gasteiger partial charge in [0.1, 0.15) is 18.8 Å². The molecule has 0 amide bonds. The van der Waals surface area contributed by atoms with Crippen LogP contribution in [0, 0.1) is 0 Å². The summed E-state index contributed by atoms with van der Waals surface area (Å²) < 4.78 is 68.5. The number of aliphatic hydroxyl groups excluding tert-OH is 1. The van der Waals surface area contributed by atoms with Crippen molar-refractivity contribution in [2.75, 3.05) is 46.2 Å². The SMILES string of the molecule is CCCCCCCC/C=C\CCCCCCCCOC[C@H](COP(=O)([O-])OCC(O)COP(=O)([O-])OC[C@@H](COC(=O)CCCCCCC/C=C\CCCCCCCC)OC(=O)CCCCCCC/C=C\CCCCCCCC)OC(=O)CCCCCCC/C=C\CCCCCCCC. The van der Waals surface area contributed by atoms with Gasteiger partial charge in [-0.3, -0.25) is 23.5 Å². The number of hydrogen-bond acceptors (Lipinski definition) is 16. The molecular weight excluding hydrogens is 1290 g/mol. The molecule has 0 fully saturated rings. The average molecular weight is 1440 g/mol. The lowest BCUT2D eigenvalue weighted by molar-refractivity contribution is -0.233. The molecule has 99 heavy (non-hydrogen) atoms. The van der Waals surface area contributed by atoms with E-state index in [2.05, 4.69) is 76.3 Å². The van der Waals surface area contributed by atoms with E-state index in [9.17, 15) is 38.4 Å². The monoisotopic (exact) mass is 1440 g/mol. The highest BCUT2D eigenvalue weighted by molar-refractivity contribution is 7.46. The number of carbonyl (C=O) groups excluding carboxylic acids is 3. The Labute approximate surface area is 606 Å². The van der Waals surface area contributed by atoms with Gasteiger partial charge in [0.25, 0.3) is 15.6 Å². The Morgan fingerprint density at radius 1 is 0.303 bits per heavy atom. The van der Waals surface area contributed by atoms with Gasteiger partial charge in [-0.25, -0.2) is 0 Å². The second kappa shape index (κ2) is 75.2. The summed E-state index contributed by atoms with van der Waals surface area (Å²) in [6, 6.07) is 0. The summed E-state index contributed by atoms with van der Waals surface area (Å²) >= 11 is 0. The first-order chi connectivity index (χ1) is 48.3. The topological polar surface area (TPSA) is 226 Å². The number of phosphoric ester groups is 2. The number of esters is 3. The third-order valence-corrected chi connectivity index (χ3v) is 19.6. The van der Waals surface area contributed by atoms with Gasteiger partial charge >= 0.3 is 17.9 Å². The minimum Gasteiger partial charge on any atom is -0.756 e. The molecular formula is C81H150O16P2-2. The van der Waals surface area contributed by atoms with Crippen LogP contribution in [-0.2, 0) is 60.6 Å². The normalized spacial score (nSPS) is 14.2. The highest BCUT2D eigenvalue weighted by atomic mass is 31.2. The van der Waals surface area contributed by atoms with Crippen LogP contribution in [0.25, 0.3) is 0 Å². The Morgan fingerprint density at radius 3 is 0.828 bits per heavy atom. The molecule has 0 aliphatic rings. The molecule has 0 aliphatic heterocycles. The Balaban J connectivity index is 5.27. The molecule has 0 aromatic rings. The van der Waals surface area contributed by atoms with E-state index in [-0.39, 0.29) is 25.9 Å². The van der Waals surface area contributed by atoms with Crippen molar-refractivity contribution in [1.82, 2.24) is 0 Å². The van der Waals surface area contributed by atoms with Gasteiger partial charge in [-0.15, -0.1) is 0 Å². The Morgan fingerprint density at radius 2 is 0.535 bits per heavy atom. The fourth-order valence-electron chi connectivity index (χ4n) is 11.5. The van der Waals surface area contributed by atoms with E-state index in [0.717, 1.165) is 148 Å². The largest absolute Gasteiger partial charge is 0.756 e. The van der Waals surface area contributed by atoms with Crippen LogP contribution in [0.3, 0.4) is 0 Å². The summed E-state index contributed by atoms with van der Waals surface area (Å²) in [5.74, 6) is -1.60. The second-order valence-corrected chi connectivity index (χ2v) is 30.5. The molecule has 0 spiro atoms. The number of phosphoric acid groups is 2. The van der Waals surface area contributed by atoms with Crippen LogP contribution in [0.2, 0.25) is 0 Å². The van der Waals surface area contributed by atoms with Crippen LogP contribution in [0.1, 0.15) is 387 Å². The average Bonchev–Trinajstić information content (AvgIpc) is 1.03. The summed E-state index contributed by atoms with van der Waals surface area (Å²) in [6.45, 7) is 5.58. The summed E-state index contributed by atoms with van der Waals surface area (Å²) in [7, 11) is -10.3. The van der Waals surface area contributed by atoms with E-state index in [1.165, 1.54) is 173 Å². The zero-order chi connectivity index (χ0) is 72.3. The Hall–Kier alpha value is -2.49. The number of hydrogen-bond donors (Lipinski definition) is 1. The molecule has 5 atom stereocenters. The number of ether oxygens (including phenoxy) is 4. The van der Waals surface area contributed by atoms with Crippen molar-refractivity contribution in [3.8, 4) is 0 Å². The maximum atomic E-state index is 13.0. The first-order valence-electron chi connectivity index (χ1n) is 40.9. The van der Waals surface area contributed by atoms with Gasteiger partial charge < -0.3 is 51.9 Å². The third-order valence-electron chi connectivity index (χ3n) is 17.7. The fourth-order valence-corrected chi connectivity index (χ4v) is 13.0. The maximum Gasteiger partial charge on any atom is 0.306 e. The number of aliphatic hydroxyl groups is 1. The van der Waals surface area contributed by atoms with E-state index >= 15 is 0 Å². The molecule has 16 nitrogen and oxygen atoms in total. The molecule has 0 aliphatic carbocycles. The quantitative estimate of drug-likeness (QED) is 0.0196. The highest BCUT2D eigenvalue weighted by Gasteiger charge is 2.24. The minimum atomic E-state index is -5.21. The van der Waals surface area contributed by atoms with E-state index in [0.29, 0.717) is 25.9 Å². The van der Waals surface area contributed by atoms with Crippen LogP contribution in [0.4, 0.5) is 0 Å². The second-order valence-electron chi connectivity index (χ2n) is 27.7.